The molecule has 2 rings (SSSR count). The van der Waals surface area contributed by atoms with Gasteiger partial charge in [0.25, 0.3) is 0 Å². The first-order chi connectivity index (χ1) is 8.48. The lowest BCUT2D eigenvalue weighted by Gasteiger charge is -2.44. The molecule has 0 radical (unpaired) electrons. The van der Waals surface area contributed by atoms with E-state index < -0.39 is 5.97 Å². The molecule has 0 atom stereocenters. The van der Waals surface area contributed by atoms with Crippen molar-refractivity contribution in [3.05, 3.63) is 35.9 Å². The number of carboxylic acids is 1. The van der Waals surface area contributed by atoms with Crippen LogP contribution in [-0.2, 0) is 10.2 Å². The monoisotopic (exact) mass is 246 g/mol. The Balaban J connectivity index is 2.41. The molecule has 0 aliphatic heterocycles. The molecule has 0 spiro atoms. The molecule has 1 saturated carbocycles. The van der Waals surface area contributed by atoms with Gasteiger partial charge in [-0.2, -0.15) is 0 Å². The molecule has 1 aromatic carbocycles. The van der Waals surface area contributed by atoms with Crippen molar-refractivity contribution in [3.8, 4) is 0 Å². The van der Waals surface area contributed by atoms with E-state index in [9.17, 15) is 9.90 Å². The molecule has 0 heterocycles. The largest absolute Gasteiger partial charge is 0.481 e. The van der Waals surface area contributed by atoms with Crippen molar-refractivity contribution in [2.24, 2.45) is 5.41 Å². The summed E-state index contributed by atoms with van der Waals surface area (Å²) in [4.78, 5) is 11.1. The summed E-state index contributed by atoms with van der Waals surface area (Å²) in [6.45, 7) is 4.22. The van der Waals surface area contributed by atoms with Gasteiger partial charge in [0.1, 0.15) is 0 Å². The van der Waals surface area contributed by atoms with Crippen LogP contribution in [0.4, 0.5) is 0 Å². The minimum atomic E-state index is -0.692. The molecule has 18 heavy (non-hydrogen) atoms. The second kappa shape index (κ2) is 4.75. The number of rotatable bonds is 4. The summed E-state index contributed by atoms with van der Waals surface area (Å²) in [6.07, 6.45) is 4.87. The zero-order valence-electron chi connectivity index (χ0n) is 11.3. The standard InChI is InChI=1S/C16H22O2/c1-15(2,12-14(17)18)16(10-6-7-11-16)13-8-4-3-5-9-13/h3-5,8-9H,6-7,10-12H2,1-2H3,(H,17,18). The van der Waals surface area contributed by atoms with E-state index in [0.717, 1.165) is 12.8 Å². The summed E-state index contributed by atoms with van der Waals surface area (Å²) in [5.41, 5.74) is 1.15. The molecule has 1 aliphatic rings. The third kappa shape index (κ3) is 2.16. The highest BCUT2D eigenvalue weighted by molar-refractivity contribution is 5.68. The smallest absolute Gasteiger partial charge is 0.303 e. The molecule has 0 unspecified atom stereocenters. The fraction of sp³-hybridized carbons (Fsp3) is 0.562. The molecular weight excluding hydrogens is 224 g/mol. The first-order valence-corrected chi connectivity index (χ1v) is 6.75. The van der Waals surface area contributed by atoms with Gasteiger partial charge in [-0.25, -0.2) is 0 Å². The Bertz CT molecular complexity index is 414. The van der Waals surface area contributed by atoms with Crippen LogP contribution in [0, 0.1) is 5.41 Å². The minimum absolute atomic E-state index is 0.0344. The SMILES string of the molecule is CC(C)(CC(=O)O)C1(c2ccccc2)CCCC1. The van der Waals surface area contributed by atoms with Crippen LogP contribution in [0.1, 0.15) is 51.5 Å². The zero-order chi connectivity index (χ0) is 13.2. The van der Waals surface area contributed by atoms with Crippen LogP contribution in [0.3, 0.4) is 0 Å². The minimum Gasteiger partial charge on any atom is -0.481 e. The van der Waals surface area contributed by atoms with Crippen molar-refractivity contribution in [2.75, 3.05) is 0 Å². The van der Waals surface area contributed by atoms with E-state index in [4.69, 9.17) is 0 Å². The Morgan fingerprint density at radius 1 is 1.22 bits per heavy atom. The molecule has 0 amide bonds. The summed E-state index contributed by atoms with van der Waals surface area (Å²) >= 11 is 0. The maximum absolute atomic E-state index is 11.1. The lowest BCUT2D eigenvalue weighted by molar-refractivity contribution is -0.140. The molecule has 2 nitrogen and oxygen atoms in total. The van der Waals surface area contributed by atoms with E-state index in [1.54, 1.807) is 0 Å². The predicted molar refractivity (Wildman–Crippen MR) is 72.6 cm³/mol. The Morgan fingerprint density at radius 2 is 1.78 bits per heavy atom. The highest BCUT2D eigenvalue weighted by Gasteiger charge is 2.48. The van der Waals surface area contributed by atoms with Crippen LogP contribution in [-0.4, -0.2) is 11.1 Å². The second-order valence-electron chi connectivity index (χ2n) is 6.11. The van der Waals surface area contributed by atoms with Gasteiger partial charge in [-0.15, -0.1) is 0 Å². The van der Waals surface area contributed by atoms with E-state index in [2.05, 4.69) is 38.1 Å². The molecule has 0 bridgehead atoms. The van der Waals surface area contributed by atoms with Gasteiger partial charge in [0.15, 0.2) is 0 Å². The van der Waals surface area contributed by atoms with Crippen LogP contribution in [0.2, 0.25) is 0 Å². The summed E-state index contributed by atoms with van der Waals surface area (Å²) in [6, 6.07) is 10.5. The second-order valence-corrected chi connectivity index (χ2v) is 6.11. The third-order valence-corrected chi connectivity index (χ3v) is 4.67. The van der Waals surface area contributed by atoms with Crippen molar-refractivity contribution < 1.29 is 9.90 Å². The quantitative estimate of drug-likeness (QED) is 0.871. The van der Waals surface area contributed by atoms with Crippen LogP contribution in [0.15, 0.2) is 30.3 Å². The Morgan fingerprint density at radius 3 is 2.28 bits per heavy atom. The first kappa shape index (κ1) is 13.1. The summed E-state index contributed by atoms with van der Waals surface area (Å²) in [5.74, 6) is -0.692. The van der Waals surface area contributed by atoms with Gasteiger partial charge < -0.3 is 5.11 Å². The van der Waals surface area contributed by atoms with E-state index in [-0.39, 0.29) is 17.3 Å². The Kier molecular flexibility index (Phi) is 3.47. The lowest BCUT2D eigenvalue weighted by atomic mass is 9.59. The number of benzene rings is 1. The van der Waals surface area contributed by atoms with E-state index in [1.807, 2.05) is 6.07 Å². The molecule has 98 valence electrons. The van der Waals surface area contributed by atoms with Crippen LogP contribution < -0.4 is 0 Å². The highest BCUT2D eigenvalue weighted by atomic mass is 16.4. The van der Waals surface area contributed by atoms with Gasteiger partial charge in [0.05, 0.1) is 6.42 Å². The van der Waals surface area contributed by atoms with Crippen molar-refractivity contribution in [2.45, 2.75) is 51.4 Å². The highest BCUT2D eigenvalue weighted by Crippen LogP contribution is 2.54. The number of hydrogen-bond acceptors (Lipinski definition) is 1. The van der Waals surface area contributed by atoms with Crippen LogP contribution in [0.25, 0.3) is 0 Å². The van der Waals surface area contributed by atoms with E-state index in [1.165, 1.54) is 18.4 Å². The van der Waals surface area contributed by atoms with Crippen molar-refractivity contribution in [3.63, 3.8) is 0 Å². The number of carbonyl (C=O) groups is 1. The maximum Gasteiger partial charge on any atom is 0.303 e. The molecular formula is C16H22O2. The molecule has 1 fully saturated rings. The Hall–Kier alpha value is -1.31. The summed E-state index contributed by atoms with van der Waals surface area (Å²) < 4.78 is 0. The number of aliphatic carboxylic acids is 1. The van der Waals surface area contributed by atoms with Gasteiger partial charge in [-0.1, -0.05) is 57.0 Å². The molecule has 1 aromatic rings. The summed E-state index contributed by atoms with van der Waals surface area (Å²) in [7, 11) is 0. The van der Waals surface area contributed by atoms with Gasteiger partial charge in [0, 0.05) is 5.41 Å². The summed E-state index contributed by atoms with van der Waals surface area (Å²) in [5, 5.41) is 9.17. The molecule has 1 aliphatic carbocycles. The normalized spacial score (nSPS) is 18.8. The van der Waals surface area contributed by atoms with Crippen molar-refractivity contribution in [1.82, 2.24) is 0 Å². The molecule has 0 aromatic heterocycles. The number of hydrogen-bond donors (Lipinski definition) is 1. The third-order valence-electron chi connectivity index (χ3n) is 4.67. The fourth-order valence-corrected chi connectivity index (χ4v) is 3.64. The fourth-order valence-electron chi connectivity index (χ4n) is 3.64. The average Bonchev–Trinajstić information content (AvgIpc) is 2.79. The lowest BCUT2D eigenvalue weighted by Crippen LogP contribution is -2.41. The first-order valence-electron chi connectivity index (χ1n) is 6.75. The number of carboxylic acid groups (broad SMARTS) is 1. The maximum atomic E-state index is 11.1. The van der Waals surface area contributed by atoms with Gasteiger partial charge in [-0.05, 0) is 23.8 Å². The Labute approximate surface area is 109 Å². The van der Waals surface area contributed by atoms with Crippen molar-refractivity contribution >= 4 is 5.97 Å². The van der Waals surface area contributed by atoms with Crippen LogP contribution >= 0.6 is 0 Å². The van der Waals surface area contributed by atoms with E-state index >= 15 is 0 Å². The molecule has 1 N–H and O–H groups in total. The molecule has 2 heteroatoms. The van der Waals surface area contributed by atoms with Gasteiger partial charge in [-0.3, -0.25) is 4.79 Å². The molecule has 0 saturated heterocycles. The van der Waals surface area contributed by atoms with E-state index in [0.29, 0.717) is 0 Å². The predicted octanol–water partition coefficient (Wildman–Crippen LogP) is 4.00. The average molecular weight is 246 g/mol. The zero-order valence-corrected chi connectivity index (χ0v) is 11.3. The van der Waals surface area contributed by atoms with Gasteiger partial charge >= 0.3 is 5.97 Å². The van der Waals surface area contributed by atoms with Crippen molar-refractivity contribution in [1.29, 1.82) is 0 Å². The van der Waals surface area contributed by atoms with Crippen LogP contribution in [0.5, 0.6) is 0 Å². The topological polar surface area (TPSA) is 37.3 Å². The van der Waals surface area contributed by atoms with Gasteiger partial charge in [0.2, 0.25) is 0 Å².